The highest BCUT2D eigenvalue weighted by molar-refractivity contribution is 5.46. The first kappa shape index (κ1) is 16.0. The number of para-hydroxylation sites is 1. The topological polar surface area (TPSA) is 61.9 Å². The Morgan fingerprint density at radius 2 is 1.79 bits per heavy atom. The third kappa shape index (κ3) is 3.08. The Kier molecular flexibility index (Phi) is 4.46. The highest BCUT2D eigenvalue weighted by Gasteiger charge is 2.16. The Labute approximate surface area is 140 Å². The number of aryl methyl sites for hydroxylation is 1. The van der Waals surface area contributed by atoms with Gasteiger partial charge in [-0.25, -0.2) is 4.79 Å². The molecule has 0 N–H and O–H groups in total. The second kappa shape index (κ2) is 6.70. The van der Waals surface area contributed by atoms with Crippen LogP contribution >= 0.6 is 0 Å². The summed E-state index contributed by atoms with van der Waals surface area (Å²) in [6.07, 6.45) is 0. The van der Waals surface area contributed by atoms with Gasteiger partial charge in [0, 0.05) is 12.6 Å². The van der Waals surface area contributed by atoms with Gasteiger partial charge >= 0.3 is 5.69 Å². The molecule has 1 heterocycles. The maximum Gasteiger partial charge on any atom is 0.368 e. The van der Waals surface area contributed by atoms with Crippen molar-refractivity contribution in [2.75, 3.05) is 0 Å². The molecule has 124 valence electrons. The molecule has 6 heteroatoms. The van der Waals surface area contributed by atoms with Crippen LogP contribution in [0.3, 0.4) is 0 Å². The average Bonchev–Trinajstić information content (AvgIpc) is 2.92. The zero-order valence-corrected chi connectivity index (χ0v) is 14.0. The van der Waals surface area contributed by atoms with E-state index in [0.29, 0.717) is 18.2 Å². The molecule has 24 heavy (non-hydrogen) atoms. The molecule has 0 atom stereocenters. The monoisotopic (exact) mass is 324 g/mol. The predicted octanol–water partition coefficient (Wildman–Crippen LogP) is 2.67. The van der Waals surface area contributed by atoms with Crippen LogP contribution in [0.15, 0.2) is 53.3 Å². The number of nitrogens with zero attached hydrogens (tertiary/aromatic N) is 4. The second-order valence-corrected chi connectivity index (χ2v) is 5.90. The Morgan fingerprint density at radius 3 is 2.42 bits per heavy atom. The third-order valence-corrected chi connectivity index (χ3v) is 3.89. The van der Waals surface area contributed by atoms with E-state index in [2.05, 4.69) is 30.3 Å². The minimum absolute atomic E-state index is 0.281. The van der Waals surface area contributed by atoms with Gasteiger partial charge in [0.25, 0.3) is 0 Å². The van der Waals surface area contributed by atoms with Crippen molar-refractivity contribution in [3.05, 3.63) is 70.1 Å². The molecule has 0 saturated heterocycles. The lowest BCUT2D eigenvalue weighted by molar-refractivity contribution is 0.304. The summed E-state index contributed by atoms with van der Waals surface area (Å²) in [4.78, 5) is 12.2. The van der Waals surface area contributed by atoms with Crippen molar-refractivity contribution >= 4 is 0 Å². The molecule has 0 aliphatic carbocycles. The van der Waals surface area contributed by atoms with Crippen molar-refractivity contribution in [1.29, 1.82) is 0 Å². The van der Waals surface area contributed by atoms with E-state index in [0.717, 1.165) is 16.9 Å². The summed E-state index contributed by atoms with van der Waals surface area (Å²) in [7, 11) is 1.58. The first-order chi connectivity index (χ1) is 11.6. The molecule has 0 fully saturated rings. The van der Waals surface area contributed by atoms with Gasteiger partial charge in [-0.05, 0) is 40.1 Å². The standard InChI is InChI=1S/C18H20N4O2/c1-13(2)15-10-7-11-17(22-18(23)21(3)19-20-22)16(15)12-24-14-8-5-4-6-9-14/h4-11,13H,12H2,1-3H3. The molecule has 0 saturated carbocycles. The zero-order valence-electron chi connectivity index (χ0n) is 14.0. The molecule has 0 unspecified atom stereocenters. The highest BCUT2D eigenvalue weighted by Crippen LogP contribution is 2.26. The van der Waals surface area contributed by atoms with Crippen LogP contribution in [0, 0.1) is 0 Å². The van der Waals surface area contributed by atoms with Crippen molar-refractivity contribution in [2.45, 2.75) is 26.4 Å². The van der Waals surface area contributed by atoms with E-state index in [4.69, 9.17) is 4.74 Å². The maximum absolute atomic E-state index is 12.2. The molecule has 1 aromatic heterocycles. The number of hydrogen-bond acceptors (Lipinski definition) is 4. The quantitative estimate of drug-likeness (QED) is 0.724. The second-order valence-electron chi connectivity index (χ2n) is 5.90. The molecule has 0 bridgehead atoms. The van der Waals surface area contributed by atoms with Crippen LogP contribution in [0.25, 0.3) is 5.69 Å². The lowest BCUT2D eigenvalue weighted by atomic mass is 9.96. The number of hydrogen-bond donors (Lipinski definition) is 0. The van der Waals surface area contributed by atoms with E-state index in [1.807, 2.05) is 42.5 Å². The van der Waals surface area contributed by atoms with Gasteiger partial charge in [0.1, 0.15) is 12.4 Å². The fraction of sp³-hybridized carbons (Fsp3) is 0.278. The summed E-state index contributed by atoms with van der Waals surface area (Å²) in [5, 5.41) is 7.77. The zero-order chi connectivity index (χ0) is 17.1. The molecule has 6 nitrogen and oxygen atoms in total. The molecule has 2 aromatic carbocycles. The number of rotatable bonds is 5. The summed E-state index contributed by atoms with van der Waals surface area (Å²) in [6.45, 7) is 4.59. The van der Waals surface area contributed by atoms with Gasteiger partial charge in [0.15, 0.2) is 0 Å². The van der Waals surface area contributed by atoms with E-state index >= 15 is 0 Å². The lowest BCUT2D eigenvalue weighted by Crippen LogP contribution is -2.23. The molecule has 0 radical (unpaired) electrons. The van der Waals surface area contributed by atoms with Crippen LogP contribution in [0.5, 0.6) is 5.75 Å². The molecule has 0 aliphatic heterocycles. The van der Waals surface area contributed by atoms with E-state index < -0.39 is 0 Å². The van der Waals surface area contributed by atoms with Gasteiger partial charge < -0.3 is 4.74 Å². The molecule has 0 amide bonds. The summed E-state index contributed by atoms with van der Waals surface area (Å²) in [5.74, 6) is 1.08. The fourth-order valence-electron chi connectivity index (χ4n) is 2.63. The Bertz CT molecular complexity index is 882. The summed E-state index contributed by atoms with van der Waals surface area (Å²) in [6, 6.07) is 15.5. The van der Waals surface area contributed by atoms with Crippen LogP contribution in [-0.4, -0.2) is 19.8 Å². The predicted molar refractivity (Wildman–Crippen MR) is 91.5 cm³/mol. The number of aromatic nitrogens is 4. The first-order valence-electron chi connectivity index (χ1n) is 7.87. The van der Waals surface area contributed by atoms with Crippen LogP contribution in [0.1, 0.15) is 30.9 Å². The Morgan fingerprint density at radius 1 is 1.04 bits per heavy atom. The van der Waals surface area contributed by atoms with E-state index in [1.54, 1.807) is 7.05 Å². The van der Waals surface area contributed by atoms with Crippen molar-refractivity contribution in [3.8, 4) is 11.4 Å². The molecule has 3 aromatic rings. The van der Waals surface area contributed by atoms with Crippen LogP contribution in [0.2, 0.25) is 0 Å². The summed E-state index contributed by atoms with van der Waals surface area (Å²) in [5.41, 5.74) is 2.49. The minimum atomic E-state index is -0.281. The molecule has 0 spiro atoms. The van der Waals surface area contributed by atoms with Crippen LogP contribution in [0.4, 0.5) is 0 Å². The number of tetrazole rings is 1. The van der Waals surface area contributed by atoms with E-state index in [-0.39, 0.29) is 5.69 Å². The van der Waals surface area contributed by atoms with E-state index in [9.17, 15) is 4.79 Å². The first-order valence-corrected chi connectivity index (χ1v) is 7.87. The SMILES string of the molecule is CC(C)c1cccc(-n2nnn(C)c2=O)c1COc1ccccc1. The lowest BCUT2D eigenvalue weighted by Gasteiger charge is -2.17. The summed E-state index contributed by atoms with van der Waals surface area (Å²) >= 11 is 0. The molecular weight excluding hydrogens is 304 g/mol. The van der Waals surface area contributed by atoms with Crippen molar-refractivity contribution < 1.29 is 4.74 Å². The third-order valence-electron chi connectivity index (χ3n) is 3.89. The normalized spacial score (nSPS) is 11.0. The smallest absolute Gasteiger partial charge is 0.368 e. The van der Waals surface area contributed by atoms with Crippen LogP contribution < -0.4 is 10.4 Å². The van der Waals surface area contributed by atoms with Gasteiger partial charge in [-0.1, -0.05) is 44.2 Å². The van der Waals surface area contributed by atoms with Crippen molar-refractivity contribution in [1.82, 2.24) is 19.8 Å². The fourth-order valence-corrected chi connectivity index (χ4v) is 2.63. The average molecular weight is 324 g/mol. The number of benzene rings is 2. The minimum Gasteiger partial charge on any atom is -0.489 e. The highest BCUT2D eigenvalue weighted by atomic mass is 16.5. The van der Waals surface area contributed by atoms with Gasteiger partial charge in [-0.15, -0.1) is 0 Å². The Hall–Kier alpha value is -2.89. The summed E-state index contributed by atoms with van der Waals surface area (Å²) < 4.78 is 8.45. The van der Waals surface area contributed by atoms with Gasteiger partial charge in [-0.2, -0.15) is 9.36 Å². The van der Waals surface area contributed by atoms with Gasteiger partial charge in [0.05, 0.1) is 5.69 Å². The van der Waals surface area contributed by atoms with E-state index in [1.165, 1.54) is 9.36 Å². The maximum atomic E-state index is 12.2. The van der Waals surface area contributed by atoms with Crippen molar-refractivity contribution in [2.24, 2.45) is 7.05 Å². The largest absolute Gasteiger partial charge is 0.489 e. The molecule has 3 rings (SSSR count). The van der Waals surface area contributed by atoms with Crippen LogP contribution in [-0.2, 0) is 13.7 Å². The molecular formula is C18H20N4O2. The molecule has 0 aliphatic rings. The number of ether oxygens (including phenoxy) is 1. The van der Waals surface area contributed by atoms with Crippen molar-refractivity contribution in [3.63, 3.8) is 0 Å². The van der Waals surface area contributed by atoms with Gasteiger partial charge in [-0.3, -0.25) is 0 Å². The van der Waals surface area contributed by atoms with Gasteiger partial charge in [0.2, 0.25) is 0 Å². The Balaban J connectivity index is 2.04.